The van der Waals surface area contributed by atoms with Crippen LogP contribution >= 0.6 is 0 Å². The molecule has 1 spiro atoms. The minimum atomic E-state index is -1.85. The van der Waals surface area contributed by atoms with Crippen LogP contribution in [0.25, 0.3) is 5.57 Å². The molecule has 0 heterocycles. The highest BCUT2D eigenvalue weighted by atomic mass is 19.1. The summed E-state index contributed by atoms with van der Waals surface area (Å²) in [6, 6.07) is 16.8. The van der Waals surface area contributed by atoms with Crippen molar-refractivity contribution in [3.63, 3.8) is 0 Å². The number of hydrogen-bond donors (Lipinski definition) is 2. The summed E-state index contributed by atoms with van der Waals surface area (Å²) < 4.78 is 41.6. The van der Waals surface area contributed by atoms with Crippen LogP contribution in [0.5, 0.6) is 17.2 Å². The Morgan fingerprint density at radius 3 is 2.36 bits per heavy atom. The first-order valence-electron chi connectivity index (χ1n) is 11.7. The molecule has 36 heavy (non-hydrogen) atoms. The third-order valence-corrected chi connectivity index (χ3v) is 7.53. The molecule has 5 rings (SSSR count). The zero-order valence-corrected chi connectivity index (χ0v) is 20.3. The SMILES string of the molecule is COc1cc([C@@]2(F)CC23C(C)=C(CC(=O)NCc2ccccc2)c2cc(F)ccc23)cc(OC)c1O. The number of alkyl halides is 1. The largest absolute Gasteiger partial charge is 0.502 e. The summed E-state index contributed by atoms with van der Waals surface area (Å²) in [5.41, 5.74) is 0.904. The average Bonchev–Trinajstić information content (AvgIpc) is 3.47. The number of amides is 1. The van der Waals surface area contributed by atoms with E-state index in [0.717, 1.165) is 5.56 Å². The molecule has 0 saturated heterocycles. The van der Waals surface area contributed by atoms with Crippen molar-refractivity contribution in [1.29, 1.82) is 0 Å². The number of carbonyl (C=O) groups is 1. The molecule has 1 unspecified atom stereocenters. The number of methoxy groups -OCH3 is 2. The maximum atomic E-state index is 16.8. The van der Waals surface area contributed by atoms with Gasteiger partial charge in [-0.3, -0.25) is 4.79 Å². The molecule has 0 aliphatic heterocycles. The maximum Gasteiger partial charge on any atom is 0.224 e. The maximum absolute atomic E-state index is 16.8. The minimum Gasteiger partial charge on any atom is -0.502 e. The van der Waals surface area contributed by atoms with E-state index in [1.807, 2.05) is 37.3 Å². The number of allylic oxidation sites excluding steroid dienone is 1. The van der Waals surface area contributed by atoms with Gasteiger partial charge in [0.1, 0.15) is 5.82 Å². The fourth-order valence-corrected chi connectivity index (χ4v) is 5.58. The standard InChI is InChI=1S/C29H27F2NO4/c1-17-21(14-26(33)32-15-18-7-5-4-6-8-18)22-13-20(30)9-10-23(22)28(17)16-29(28,31)19-11-24(35-2)27(34)25(12-19)36-3/h4-13,34H,14-16H2,1-3H3,(H,32,33)/t28?,29-/m0/s1. The van der Waals surface area contributed by atoms with Crippen LogP contribution in [0.15, 0.2) is 66.2 Å². The van der Waals surface area contributed by atoms with Gasteiger partial charge in [0.25, 0.3) is 0 Å². The highest BCUT2D eigenvalue weighted by Crippen LogP contribution is 2.74. The van der Waals surface area contributed by atoms with Gasteiger partial charge in [-0.1, -0.05) is 42.0 Å². The lowest BCUT2D eigenvalue weighted by molar-refractivity contribution is -0.120. The molecule has 7 heteroatoms. The normalized spacial score (nSPS) is 21.9. The van der Waals surface area contributed by atoms with Crippen molar-refractivity contribution in [2.75, 3.05) is 14.2 Å². The Balaban J connectivity index is 1.52. The van der Waals surface area contributed by atoms with Gasteiger partial charge in [-0.2, -0.15) is 0 Å². The molecule has 186 valence electrons. The Morgan fingerprint density at radius 2 is 1.72 bits per heavy atom. The zero-order valence-electron chi connectivity index (χ0n) is 20.3. The Kier molecular flexibility index (Phi) is 5.74. The van der Waals surface area contributed by atoms with Crippen molar-refractivity contribution in [1.82, 2.24) is 5.32 Å². The molecule has 5 nitrogen and oxygen atoms in total. The van der Waals surface area contributed by atoms with Crippen LogP contribution in [0.2, 0.25) is 0 Å². The van der Waals surface area contributed by atoms with E-state index < -0.39 is 16.9 Å². The van der Waals surface area contributed by atoms with Crippen molar-refractivity contribution in [3.05, 3.63) is 94.3 Å². The van der Waals surface area contributed by atoms with Crippen molar-refractivity contribution < 1.29 is 28.2 Å². The molecule has 2 N–H and O–H groups in total. The van der Waals surface area contributed by atoms with Crippen LogP contribution in [0.1, 0.15) is 42.0 Å². The number of ether oxygens (including phenoxy) is 2. The highest BCUT2D eigenvalue weighted by molar-refractivity contribution is 5.94. The fourth-order valence-electron chi connectivity index (χ4n) is 5.58. The molecule has 1 fully saturated rings. The Bertz CT molecular complexity index is 1360. The van der Waals surface area contributed by atoms with E-state index >= 15 is 4.39 Å². The quantitative estimate of drug-likeness (QED) is 0.455. The van der Waals surface area contributed by atoms with Gasteiger partial charge < -0.3 is 19.9 Å². The second kappa shape index (κ2) is 8.66. The van der Waals surface area contributed by atoms with Crippen LogP contribution in [-0.2, 0) is 22.4 Å². The summed E-state index contributed by atoms with van der Waals surface area (Å²) >= 11 is 0. The van der Waals surface area contributed by atoms with E-state index in [0.29, 0.717) is 34.4 Å². The summed E-state index contributed by atoms with van der Waals surface area (Å²) in [6.45, 7) is 2.18. The van der Waals surface area contributed by atoms with Gasteiger partial charge in [0.05, 0.1) is 26.1 Å². The minimum absolute atomic E-state index is 0.00910. The first-order chi connectivity index (χ1) is 17.2. The Labute approximate surface area is 208 Å². The van der Waals surface area contributed by atoms with Gasteiger partial charge in [-0.15, -0.1) is 0 Å². The number of benzene rings is 3. The first kappa shape index (κ1) is 23.9. The molecule has 3 aromatic rings. The van der Waals surface area contributed by atoms with Crippen LogP contribution in [0, 0.1) is 5.82 Å². The molecule has 3 aromatic carbocycles. The lowest BCUT2D eigenvalue weighted by Crippen LogP contribution is -2.23. The number of fused-ring (bicyclic) bond motifs is 2. The fraction of sp³-hybridized carbons (Fsp3) is 0.276. The third kappa shape index (κ3) is 3.53. The molecule has 0 aromatic heterocycles. The summed E-state index contributed by atoms with van der Waals surface area (Å²) in [5.74, 6) is -0.679. The number of hydrogen-bond acceptors (Lipinski definition) is 4. The lowest BCUT2D eigenvalue weighted by atomic mass is 9.86. The summed E-state index contributed by atoms with van der Waals surface area (Å²) in [5, 5.41) is 13.2. The van der Waals surface area contributed by atoms with E-state index in [1.54, 1.807) is 6.07 Å². The van der Waals surface area contributed by atoms with E-state index in [1.165, 1.54) is 38.5 Å². The molecule has 1 saturated carbocycles. The monoisotopic (exact) mass is 491 g/mol. The van der Waals surface area contributed by atoms with Crippen LogP contribution < -0.4 is 14.8 Å². The predicted molar refractivity (Wildman–Crippen MR) is 132 cm³/mol. The number of aromatic hydroxyl groups is 1. The van der Waals surface area contributed by atoms with E-state index in [4.69, 9.17) is 9.47 Å². The lowest BCUT2D eigenvalue weighted by Gasteiger charge is -2.21. The van der Waals surface area contributed by atoms with E-state index in [9.17, 15) is 14.3 Å². The predicted octanol–water partition coefficient (Wildman–Crippen LogP) is 5.55. The van der Waals surface area contributed by atoms with Gasteiger partial charge in [0, 0.05) is 13.0 Å². The van der Waals surface area contributed by atoms with Crippen molar-refractivity contribution in [2.24, 2.45) is 0 Å². The number of carbonyl (C=O) groups excluding carboxylic acids is 1. The summed E-state index contributed by atoms with van der Waals surface area (Å²) in [4.78, 5) is 12.9. The molecule has 2 atom stereocenters. The number of phenols is 1. The third-order valence-electron chi connectivity index (χ3n) is 7.53. The Morgan fingerprint density at radius 1 is 1.06 bits per heavy atom. The molecule has 0 bridgehead atoms. The molecule has 0 radical (unpaired) electrons. The molecule has 1 amide bonds. The van der Waals surface area contributed by atoms with Crippen LogP contribution in [0.3, 0.4) is 0 Å². The van der Waals surface area contributed by atoms with Crippen LogP contribution in [-0.4, -0.2) is 25.2 Å². The van der Waals surface area contributed by atoms with E-state index in [-0.39, 0.29) is 36.0 Å². The van der Waals surface area contributed by atoms with Crippen molar-refractivity contribution >= 4 is 11.5 Å². The zero-order chi connectivity index (χ0) is 25.7. The van der Waals surface area contributed by atoms with E-state index in [2.05, 4.69) is 5.32 Å². The highest BCUT2D eigenvalue weighted by Gasteiger charge is 2.74. The number of halogens is 2. The molecule has 2 aliphatic rings. The smallest absolute Gasteiger partial charge is 0.224 e. The second-order valence-electron chi connectivity index (χ2n) is 9.35. The first-order valence-corrected chi connectivity index (χ1v) is 11.7. The van der Waals surface area contributed by atoms with Gasteiger partial charge >= 0.3 is 0 Å². The summed E-state index contributed by atoms with van der Waals surface area (Å²) in [6.07, 6.45) is 0.131. The number of nitrogens with one attached hydrogen (secondary N) is 1. The summed E-state index contributed by atoms with van der Waals surface area (Å²) in [7, 11) is 2.77. The van der Waals surface area contributed by atoms with Crippen molar-refractivity contribution in [3.8, 4) is 17.2 Å². The molecule has 2 aliphatic carbocycles. The topological polar surface area (TPSA) is 67.8 Å². The van der Waals surface area contributed by atoms with Gasteiger partial charge in [-0.05, 0) is 59.0 Å². The second-order valence-corrected chi connectivity index (χ2v) is 9.35. The van der Waals surface area contributed by atoms with Crippen molar-refractivity contribution in [2.45, 2.75) is 37.4 Å². The Hall–Kier alpha value is -3.87. The van der Waals surface area contributed by atoms with Crippen LogP contribution in [0.4, 0.5) is 8.78 Å². The van der Waals surface area contributed by atoms with Gasteiger partial charge in [-0.25, -0.2) is 8.78 Å². The average molecular weight is 492 g/mol. The number of rotatable bonds is 7. The van der Waals surface area contributed by atoms with Gasteiger partial charge in [0.15, 0.2) is 17.2 Å². The molecular weight excluding hydrogens is 464 g/mol. The van der Waals surface area contributed by atoms with Gasteiger partial charge in [0.2, 0.25) is 11.7 Å². The number of phenolic OH excluding ortho intramolecular Hbond substituents is 1. The molecular formula is C29H27F2NO4.